The van der Waals surface area contributed by atoms with Crippen LogP contribution in [0.1, 0.15) is 30.9 Å². The Labute approximate surface area is 132 Å². The number of aromatic nitrogens is 2. The lowest BCUT2D eigenvalue weighted by atomic mass is 10.1. The number of likely N-dealkylation sites (N-methyl/N-ethyl adjacent to an activating group) is 1. The third-order valence-electron chi connectivity index (χ3n) is 3.96. The highest BCUT2D eigenvalue weighted by atomic mass is 16.5. The Bertz CT molecular complexity index is 468. The number of nitrogens with zero attached hydrogens (tertiary/aromatic N) is 3. The smallest absolute Gasteiger partial charge is 0.314 e. The Balaban J connectivity index is 1.70. The first-order valence-electron chi connectivity index (χ1n) is 7.84. The summed E-state index contributed by atoms with van der Waals surface area (Å²) < 4.78 is 7.31. The molecule has 2 amide bonds. The topological polar surface area (TPSA) is 71.4 Å². The van der Waals surface area contributed by atoms with Crippen molar-refractivity contribution in [2.45, 2.75) is 31.4 Å². The molecule has 0 bridgehead atoms. The molecule has 2 atom stereocenters. The molecule has 1 fully saturated rings. The number of hydrogen-bond donors (Lipinski definition) is 2. The normalized spacial score (nSPS) is 19.4. The maximum absolute atomic E-state index is 11.9. The van der Waals surface area contributed by atoms with E-state index in [0.29, 0.717) is 19.2 Å². The Kier molecular flexibility index (Phi) is 6.21. The quantitative estimate of drug-likeness (QED) is 0.785. The van der Waals surface area contributed by atoms with Gasteiger partial charge >= 0.3 is 6.03 Å². The van der Waals surface area contributed by atoms with Crippen LogP contribution in [0.4, 0.5) is 4.79 Å². The molecule has 1 aromatic rings. The summed E-state index contributed by atoms with van der Waals surface area (Å²) in [6.07, 6.45) is 7.24. The van der Waals surface area contributed by atoms with Gasteiger partial charge in [-0.15, -0.1) is 0 Å². The van der Waals surface area contributed by atoms with Crippen molar-refractivity contribution in [3.63, 3.8) is 0 Å². The zero-order chi connectivity index (χ0) is 15.9. The van der Waals surface area contributed by atoms with Gasteiger partial charge in [0.25, 0.3) is 0 Å². The fourth-order valence-corrected chi connectivity index (χ4v) is 2.68. The van der Waals surface area contributed by atoms with Crippen LogP contribution in [0.25, 0.3) is 0 Å². The van der Waals surface area contributed by atoms with E-state index in [1.165, 1.54) is 0 Å². The third kappa shape index (κ3) is 4.99. The summed E-state index contributed by atoms with van der Waals surface area (Å²) in [6.45, 7) is 2.05. The summed E-state index contributed by atoms with van der Waals surface area (Å²) in [7, 11) is 5.88. The van der Waals surface area contributed by atoms with Gasteiger partial charge in [-0.2, -0.15) is 5.10 Å². The fourth-order valence-electron chi connectivity index (χ4n) is 2.68. The number of carbonyl (C=O) groups is 1. The van der Waals surface area contributed by atoms with E-state index in [2.05, 4.69) is 20.6 Å². The number of carbonyl (C=O) groups excluding carboxylic acids is 1. The Morgan fingerprint density at radius 3 is 2.95 bits per heavy atom. The van der Waals surface area contributed by atoms with E-state index < -0.39 is 0 Å². The molecule has 0 aliphatic carbocycles. The molecule has 0 spiro atoms. The predicted octanol–water partition coefficient (Wildman–Crippen LogP) is 0.891. The second-order valence-corrected chi connectivity index (χ2v) is 5.99. The molecule has 7 nitrogen and oxygen atoms in total. The van der Waals surface area contributed by atoms with Gasteiger partial charge in [0.2, 0.25) is 0 Å². The van der Waals surface area contributed by atoms with Gasteiger partial charge < -0.3 is 20.3 Å². The maximum Gasteiger partial charge on any atom is 0.314 e. The first-order valence-corrected chi connectivity index (χ1v) is 7.84. The van der Waals surface area contributed by atoms with Crippen LogP contribution in [0.2, 0.25) is 0 Å². The number of nitrogens with one attached hydrogen (secondary N) is 2. The fraction of sp³-hybridized carbons (Fsp3) is 0.733. The molecular weight excluding hydrogens is 282 g/mol. The third-order valence-corrected chi connectivity index (χ3v) is 3.96. The van der Waals surface area contributed by atoms with Crippen molar-refractivity contribution >= 4 is 6.03 Å². The molecule has 1 saturated heterocycles. The molecule has 0 radical (unpaired) electrons. The van der Waals surface area contributed by atoms with Crippen molar-refractivity contribution in [1.82, 2.24) is 25.3 Å². The van der Waals surface area contributed by atoms with Gasteiger partial charge in [0, 0.05) is 38.5 Å². The highest BCUT2D eigenvalue weighted by molar-refractivity contribution is 5.73. The molecule has 2 N–H and O–H groups in total. The van der Waals surface area contributed by atoms with Crippen LogP contribution in [0.15, 0.2) is 12.4 Å². The van der Waals surface area contributed by atoms with E-state index in [-0.39, 0.29) is 12.1 Å². The van der Waals surface area contributed by atoms with E-state index >= 15 is 0 Å². The summed E-state index contributed by atoms with van der Waals surface area (Å²) in [4.78, 5) is 14.0. The van der Waals surface area contributed by atoms with Crippen molar-refractivity contribution < 1.29 is 9.53 Å². The molecule has 2 rings (SSSR count). The lowest BCUT2D eigenvalue weighted by Gasteiger charge is -2.23. The summed E-state index contributed by atoms with van der Waals surface area (Å²) in [6, 6.07) is -0.0219. The van der Waals surface area contributed by atoms with E-state index in [9.17, 15) is 4.79 Å². The highest BCUT2D eigenvalue weighted by Crippen LogP contribution is 2.16. The van der Waals surface area contributed by atoms with E-state index in [1.807, 2.05) is 33.5 Å². The molecule has 0 saturated carbocycles. The minimum atomic E-state index is -0.131. The number of hydrogen-bond acceptors (Lipinski definition) is 4. The monoisotopic (exact) mass is 309 g/mol. The summed E-state index contributed by atoms with van der Waals surface area (Å²) in [5, 5.41) is 10.0. The number of amides is 2. The van der Waals surface area contributed by atoms with Crippen LogP contribution in [0, 0.1) is 0 Å². The van der Waals surface area contributed by atoms with Crippen molar-refractivity contribution in [1.29, 1.82) is 0 Å². The summed E-state index contributed by atoms with van der Waals surface area (Å²) in [5.74, 6) is 0. The Hall–Kier alpha value is -1.60. The van der Waals surface area contributed by atoms with Crippen LogP contribution in [-0.2, 0) is 11.8 Å². The van der Waals surface area contributed by atoms with Crippen LogP contribution >= 0.6 is 0 Å². The van der Waals surface area contributed by atoms with E-state index in [1.54, 1.807) is 4.68 Å². The molecule has 1 aliphatic heterocycles. The van der Waals surface area contributed by atoms with Crippen molar-refractivity contribution in [2.24, 2.45) is 7.05 Å². The molecule has 2 heterocycles. The average Bonchev–Trinajstić information content (AvgIpc) is 3.11. The van der Waals surface area contributed by atoms with Gasteiger partial charge in [-0.1, -0.05) is 0 Å². The predicted molar refractivity (Wildman–Crippen MR) is 84.6 cm³/mol. The summed E-state index contributed by atoms with van der Waals surface area (Å²) >= 11 is 0. The summed E-state index contributed by atoms with van der Waals surface area (Å²) in [5.41, 5.74) is 1.09. The largest absolute Gasteiger partial charge is 0.378 e. The molecule has 7 heteroatoms. The molecular formula is C15H27N5O2. The number of rotatable bonds is 7. The van der Waals surface area contributed by atoms with Crippen LogP contribution < -0.4 is 10.6 Å². The van der Waals surface area contributed by atoms with E-state index in [0.717, 1.165) is 31.4 Å². The lowest BCUT2D eigenvalue weighted by Crippen LogP contribution is -2.41. The van der Waals surface area contributed by atoms with Gasteiger partial charge in [-0.05, 0) is 33.4 Å². The number of urea groups is 1. The zero-order valence-corrected chi connectivity index (χ0v) is 13.7. The van der Waals surface area contributed by atoms with Crippen LogP contribution in [0.3, 0.4) is 0 Å². The van der Waals surface area contributed by atoms with Gasteiger partial charge in [0.15, 0.2) is 0 Å². The minimum Gasteiger partial charge on any atom is -0.378 e. The standard InChI is InChI=1S/C15H27N5O2/c1-19(2)14(12-9-18-20(3)11-12)10-17-15(21)16-7-6-13-5-4-8-22-13/h9,11,13-14H,4-8,10H2,1-3H3,(H2,16,17,21)/t13-,14-/m1/s1. The van der Waals surface area contributed by atoms with Crippen molar-refractivity contribution in [3.8, 4) is 0 Å². The first kappa shape index (κ1) is 16.8. The second kappa shape index (κ2) is 8.14. The van der Waals surface area contributed by atoms with Gasteiger partial charge in [-0.25, -0.2) is 4.79 Å². The van der Waals surface area contributed by atoms with Gasteiger partial charge in [-0.3, -0.25) is 4.68 Å². The van der Waals surface area contributed by atoms with Crippen LogP contribution in [0.5, 0.6) is 0 Å². The van der Waals surface area contributed by atoms with Gasteiger partial charge in [0.05, 0.1) is 18.3 Å². The van der Waals surface area contributed by atoms with Crippen LogP contribution in [-0.4, -0.2) is 60.6 Å². The molecule has 1 aliphatic rings. The SMILES string of the molecule is CN(C)[C@H](CNC(=O)NCC[C@H]1CCCO1)c1cnn(C)c1. The Morgan fingerprint density at radius 2 is 2.36 bits per heavy atom. The molecule has 124 valence electrons. The molecule has 0 unspecified atom stereocenters. The van der Waals surface area contributed by atoms with Gasteiger partial charge in [0.1, 0.15) is 0 Å². The Morgan fingerprint density at radius 1 is 1.55 bits per heavy atom. The highest BCUT2D eigenvalue weighted by Gasteiger charge is 2.18. The second-order valence-electron chi connectivity index (χ2n) is 5.99. The molecule has 22 heavy (non-hydrogen) atoms. The van der Waals surface area contributed by atoms with Crippen molar-refractivity contribution in [2.75, 3.05) is 33.8 Å². The maximum atomic E-state index is 11.9. The molecule has 0 aromatic carbocycles. The molecule has 1 aromatic heterocycles. The number of aryl methyl sites for hydroxylation is 1. The average molecular weight is 309 g/mol. The lowest BCUT2D eigenvalue weighted by molar-refractivity contribution is 0.104. The minimum absolute atomic E-state index is 0.109. The zero-order valence-electron chi connectivity index (χ0n) is 13.7. The van der Waals surface area contributed by atoms with E-state index in [4.69, 9.17) is 4.74 Å². The first-order chi connectivity index (χ1) is 10.6. The number of ether oxygens (including phenoxy) is 1. The van der Waals surface area contributed by atoms with Crippen molar-refractivity contribution in [3.05, 3.63) is 18.0 Å².